The van der Waals surface area contributed by atoms with Gasteiger partial charge in [0.1, 0.15) is 16.8 Å². The van der Waals surface area contributed by atoms with Crippen LogP contribution in [0.3, 0.4) is 0 Å². The molecule has 0 radical (unpaired) electrons. The minimum atomic E-state index is -0.340. The molecule has 2 rings (SSSR count). The highest BCUT2D eigenvalue weighted by atomic mass is 79.9. The fraction of sp³-hybridized carbons (Fsp3) is 0.154. The van der Waals surface area contributed by atoms with Gasteiger partial charge in [-0.15, -0.1) is 0 Å². The summed E-state index contributed by atoms with van der Waals surface area (Å²) in [6.07, 6.45) is 1.42. The molecule has 1 heterocycles. The molecular weight excluding hydrogens is 324 g/mol. The zero-order valence-electron chi connectivity index (χ0n) is 10.8. The summed E-state index contributed by atoms with van der Waals surface area (Å²) >= 11 is 3.10. The van der Waals surface area contributed by atoms with Crippen LogP contribution in [-0.2, 0) is 11.3 Å². The van der Waals surface area contributed by atoms with Crippen LogP contribution in [0.1, 0.15) is 5.82 Å². The van der Waals surface area contributed by atoms with Gasteiger partial charge in [0.2, 0.25) is 5.91 Å². The molecule has 0 bridgehead atoms. The summed E-state index contributed by atoms with van der Waals surface area (Å²) < 4.78 is 1.61. The highest BCUT2D eigenvalue weighted by molar-refractivity contribution is 9.10. The lowest BCUT2D eigenvalue weighted by atomic mass is 10.2. The molecule has 0 unspecified atom stereocenters. The van der Waals surface area contributed by atoms with Gasteiger partial charge in [0.25, 0.3) is 5.56 Å². The molecule has 6 nitrogen and oxygen atoms in total. The van der Waals surface area contributed by atoms with Crippen molar-refractivity contribution >= 4 is 33.2 Å². The lowest BCUT2D eigenvalue weighted by Gasteiger charge is -2.11. The van der Waals surface area contributed by atoms with Crippen molar-refractivity contribution < 1.29 is 4.79 Å². The highest BCUT2D eigenvalue weighted by Crippen LogP contribution is 2.16. The number of nitrogens with one attached hydrogen (secondary N) is 1. The molecule has 0 atom stereocenters. The number of nitrogen functional groups attached to an aromatic ring is 1. The third-order valence-electron chi connectivity index (χ3n) is 2.74. The van der Waals surface area contributed by atoms with Crippen molar-refractivity contribution in [2.75, 3.05) is 11.1 Å². The van der Waals surface area contributed by atoms with Crippen LogP contribution < -0.4 is 16.6 Å². The summed E-state index contributed by atoms with van der Waals surface area (Å²) in [6.45, 7) is 1.55. The molecule has 3 N–H and O–H groups in total. The summed E-state index contributed by atoms with van der Waals surface area (Å²) in [4.78, 5) is 27.9. The number of halogens is 1. The van der Waals surface area contributed by atoms with Crippen LogP contribution in [0.25, 0.3) is 0 Å². The summed E-state index contributed by atoms with van der Waals surface area (Å²) in [5, 5.41) is 2.67. The third-order valence-corrected chi connectivity index (χ3v) is 3.29. The zero-order valence-corrected chi connectivity index (χ0v) is 12.3. The molecular formula is C13H13BrN4O2. The number of aromatic nitrogens is 2. The first-order valence-corrected chi connectivity index (χ1v) is 6.64. The molecule has 104 valence electrons. The van der Waals surface area contributed by atoms with Gasteiger partial charge in [-0.05, 0) is 35.0 Å². The monoisotopic (exact) mass is 336 g/mol. The number of hydrogen-bond acceptors (Lipinski definition) is 4. The minimum Gasteiger partial charge on any atom is -0.397 e. The molecule has 0 fully saturated rings. The molecule has 2 aromatic rings. The van der Waals surface area contributed by atoms with E-state index in [1.165, 1.54) is 10.8 Å². The Balaban J connectivity index is 2.19. The zero-order chi connectivity index (χ0) is 14.7. The first-order valence-electron chi connectivity index (χ1n) is 5.85. The van der Waals surface area contributed by atoms with E-state index < -0.39 is 0 Å². The van der Waals surface area contributed by atoms with E-state index >= 15 is 0 Å². The average molecular weight is 337 g/mol. The Labute approximate surface area is 123 Å². The second-order valence-electron chi connectivity index (χ2n) is 4.18. The maximum atomic E-state index is 12.0. The Hall–Kier alpha value is -2.15. The van der Waals surface area contributed by atoms with Crippen LogP contribution in [0.15, 0.2) is 39.7 Å². The smallest absolute Gasteiger partial charge is 0.268 e. The van der Waals surface area contributed by atoms with E-state index in [9.17, 15) is 9.59 Å². The Morgan fingerprint density at radius 3 is 2.85 bits per heavy atom. The van der Waals surface area contributed by atoms with Gasteiger partial charge in [-0.25, -0.2) is 4.98 Å². The summed E-state index contributed by atoms with van der Waals surface area (Å²) in [5.41, 5.74) is 6.43. The fourth-order valence-corrected chi connectivity index (χ4v) is 2.00. The van der Waals surface area contributed by atoms with Gasteiger partial charge >= 0.3 is 0 Å². The second kappa shape index (κ2) is 5.87. The summed E-state index contributed by atoms with van der Waals surface area (Å²) in [7, 11) is 0. The lowest BCUT2D eigenvalue weighted by Crippen LogP contribution is -2.30. The number of rotatable bonds is 3. The van der Waals surface area contributed by atoms with Gasteiger partial charge in [-0.1, -0.05) is 12.1 Å². The van der Waals surface area contributed by atoms with Crippen LogP contribution >= 0.6 is 15.9 Å². The quantitative estimate of drug-likeness (QED) is 0.832. The first-order chi connectivity index (χ1) is 9.49. The number of amides is 1. The molecule has 0 saturated carbocycles. The number of benzene rings is 1. The molecule has 1 aromatic heterocycles. The Morgan fingerprint density at radius 1 is 1.45 bits per heavy atom. The topological polar surface area (TPSA) is 90.0 Å². The molecule has 0 aliphatic heterocycles. The number of nitrogens with two attached hydrogens (primary N) is 1. The van der Waals surface area contributed by atoms with Gasteiger partial charge in [0.15, 0.2) is 0 Å². The summed E-state index contributed by atoms with van der Waals surface area (Å²) in [6, 6.07) is 6.93. The summed E-state index contributed by atoms with van der Waals surface area (Å²) in [5.74, 6) is 0.127. The van der Waals surface area contributed by atoms with Gasteiger partial charge in [0.05, 0.1) is 11.4 Å². The molecule has 0 saturated heterocycles. The predicted molar refractivity (Wildman–Crippen MR) is 80.4 cm³/mol. The number of para-hydroxylation sites is 2. The molecule has 0 spiro atoms. The highest BCUT2D eigenvalue weighted by Gasteiger charge is 2.11. The number of carbonyl (C=O) groups excluding carboxylic acids is 1. The van der Waals surface area contributed by atoms with E-state index in [0.29, 0.717) is 21.7 Å². The lowest BCUT2D eigenvalue weighted by molar-refractivity contribution is -0.116. The largest absolute Gasteiger partial charge is 0.397 e. The number of carbonyl (C=O) groups is 1. The number of anilines is 2. The molecule has 7 heteroatoms. The normalized spacial score (nSPS) is 10.3. The van der Waals surface area contributed by atoms with E-state index in [0.717, 1.165) is 0 Å². The van der Waals surface area contributed by atoms with Gasteiger partial charge in [0, 0.05) is 6.20 Å². The van der Waals surface area contributed by atoms with Crippen LogP contribution in [0, 0.1) is 6.92 Å². The van der Waals surface area contributed by atoms with Crippen molar-refractivity contribution in [3.63, 3.8) is 0 Å². The van der Waals surface area contributed by atoms with Crippen LogP contribution in [0.5, 0.6) is 0 Å². The van der Waals surface area contributed by atoms with Gasteiger partial charge in [-0.3, -0.25) is 14.2 Å². The number of aryl methyl sites for hydroxylation is 1. The Bertz CT molecular complexity index is 712. The average Bonchev–Trinajstić information content (AvgIpc) is 2.42. The third kappa shape index (κ3) is 3.05. The van der Waals surface area contributed by atoms with Gasteiger partial charge < -0.3 is 11.1 Å². The van der Waals surface area contributed by atoms with E-state index in [1.807, 2.05) is 0 Å². The van der Waals surface area contributed by atoms with Gasteiger partial charge in [-0.2, -0.15) is 0 Å². The van der Waals surface area contributed by atoms with Crippen molar-refractivity contribution in [2.45, 2.75) is 13.5 Å². The Morgan fingerprint density at radius 2 is 2.15 bits per heavy atom. The van der Waals surface area contributed by atoms with Crippen molar-refractivity contribution in [1.29, 1.82) is 0 Å². The number of hydrogen-bond donors (Lipinski definition) is 2. The Kier molecular flexibility index (Phi) is 4.19. The van der Waals surface area contributed by atoms with Crippen LogP contribution in [0.4, 0.5) is 11.4 Å². The fourth-order valence-electron chi connectivity index (χ4n) is 1.68. The molecule has 0 aliphatic carbocycles. The van der Waals surface area contributed by atoms with Crippen LogP contribution in [0.2, 0.25) is 0 Å². The standard InChI is InChI=1S/C13H13BrN4O2/c1-8-16-6-9(14)13(20)18(8)7-12(19)17-11-5-3-2-4-10(11)15/h2-6H,7,15H2,1H3,(H,17,19). The van der Waals surface area contributed by atoms with E-state index in [2.05, 4.69) is 26.2 Å². The van der Waals surface area contributed by atoms with Crippen molar-refractivity contribution in [2.24, 2.45) is 0 Å². The van der Waals surface area contributed by atoms with Crippen molar-refractivity contribution in [3.05, 3.63) is 51.1 Å². The predicted octanol–water partition coefficient (Wildman–Crippen LogP) is 1.54. The van der Waals surface area contributed by atoms with Crippen molar-refractivity contribution in [1.82, 2.24) is 9.55 Å². The molecule has 1 amide bonds. The van der Waals surface area contributed by atoms with E-state index in [4.69, 9.17) is 5.73 Å². The second-order valence-corrected chi connectivity index (χ2v) is 5.03. The van der Waals surface area contributed by atoms with Crippen LogP contribution in [-0.4, -0.2) is 15.5 Å². The molecule has 20 heavy (non-hydrogen) atoms. The number of nitrogens with zero attached hydrogens (tertiary/aromatic N) is 2. The van der Waals surface area contributed by atoms with Crippen molar-refractivity contribution in [3.8, 4) is 0 Å². The first kappa shape index (κ1) is 14.3. The minimum absolute atomic E-state index is 0.120. The molecule has 1 aromatic carbocycles. The maximum Gasteiger partial charge on any atom is 0.268 e. The maximum absolute atomic E-state index is 12.0. The SMILES string of the molecule is Cc1ncc(Br)c(=O)n1CC(=O)Nc1ccccc1N. The van der Waals surface area contributed by atoms with E-state index in [-0.39, 0.29) is 18.0 Å². The van der Waals surface area contributed by atoms with E-state index in [1.54, 1.807) is 31.2 Å². The molecule has 0 aliphatic rings.